The first-order chi connectivity index (χ1) is 17.1. The second kappa shape index (κ2) is 10.7. The van der Waals surface area contributed by atoms with Gasteiger partial charge in [0.1, 0.15) is 17.5 Å². The van der Waals surface area contributed by atoms with E-state index < -0.39 is 23.3 Å². The van der Waals surface area contributed by atoms with E-state index in [0.29, 0.717) is 18.9 Å². The molecule has 9 heteroatoms. The van der Waals surface area contributed by atoms with Gasteiger partial charge in [0.15, 0.2) is 0 Å². The quantitative estimate of drug-likeness (QED) is 0.235. The number of anilines is 1. The number of aromatic nitrogens is 1. The fraction of sp³-hybridized carbons (Fsp3) is 0.556. The summed E-state index contributed by atoms with van der Waals surface area (Å²) in [6, 6.07) is 10.4. The number of pyridine rings is 1. The summed E-state index contributed by atoms with van der Waals surface area (Å²) in [6.07, 6.45) is 2.97. The third kappa shape index (κ3) is 5.81. The first kappa shape index (κ1) is 26.3. The molecule has 9 nitrogen and oxygen atoms in total. The van der Waals surface area contributed by atoms with Crippen LogP contribution in [0.25, 0.3) is 11.1 Å². The van der Waals surface area contributed by atoms with E-state index in [1.165, 1.54) is 0 Å². The van der Waals surface area contributed by atoms with Crippen LogP contribution in [0.15, 0.2) is 36.5 Å². The highest BCUT2D eigenvalue weighted by molar-refractivity contribution is 5.80. The number of nitrogens with zero attached hydrogens (tertiary/aromatic N) is 1. The summed E-state index contributed by atoms with van der Waals surface area (Å²) in [5, 5.41) is 6.78. The van der Waals surface area contributed by atoms with Gasteiger partial charge in [-0.2, -0.15) is 0 Å². The van der Waals surface area contributed by atoms with Gasteiger partial charge in [-0.25, -0.2) is 15.3 Å². The van der Waals surface area contributed by atoms with Crippen molar-refractivity contribution >= 4 is 11.8 Å². The Morgan fingerprint density at radius 3 is 2.58 bits per heavy atom. The van der Waals surface area contributed by atoms with Gasteiger partial charge in [0.05, 0.1) is 19.3 Å². The Bertz CT molecular complexity index is 1080. The first-order valence-electron chi connectivity index (χ1n) is 12.7. The second-order valence-corrected chi connectivity index (χ2v) is 10.9. The van der Waals surface area contributed by atoms with Gasteiger partial charge in [0, 0.05) is 37.2 Å². The monoisotopic (exact) mass is 498 g/mol. The highest BCUT2D eigenvalue weighted by Gasteiger charge is 2.48. The van der Waals surface area contributed by atoms with Crippen molar-refractivity contribution in [3.63, 3.8) is 0 Å². The number of aryl methyl sites for hydroxylation is 1. The fourth-order valence-corrected chi connectivity index (χ4v) is 4.57. The molecule has 2 atom stereocenters. The van der Waals surface area contributed by atoms with Gasteiger partial charge in [-0.1, -0.05) is 6.07 Å². The van der Waals surface area contributed by atoms with Gasteiger partial charge in [-0.05, 0) is 69.9 Å². The standard InChI is InChI=1S/C27H39N5O4/c1-26(2,3)35-25(33)27(4,36-29)23-9-6-20-13-19(5-8-22(20)34-23)21-7-10-24(31-12-11-28)32(17-21)16-18-14-30-15-18/h5,7-8,10,13,17-18,23,30H,6,9,11-12,14-16,28-29H2,1-4H3/p+1/t23-,27?/m1/s1. The van der Waals surface area contributed by atoms with Gasteiger partial charge in [0.25, 0.3) is 5.82 Å². The topological polar surface area (TPSA) is 125 Å². The lowest BCUT2D eigenvalue weighted by Crippen LogP contribution is -2.56. The van der Waals surface area contributed by atoms with Crippen LogP contribution >= 0.6 is 0 Å². The van der Waals surface area contributed by atoms with E-state index in [0.717, 1.165) is 60.9 Å². The SMILES string of the molecule is CC(C)(C)OC(=O)C(C)(ON)[C@H]1CCc2cc(-c3ccc(NCCN)[n+](CC4CNC4)c3)ccc2O1. The molecule has 3 heterocycles. The van der Waals surface area contributed by atoms with Crippen molar-refractivity contribution in [1.82, 2.24) is 5.32 Å². The molecule has 2 aliphatic heterocycles. The first-order valence-corrected chi connectivity index (χ1v) is 12.7. The normalized spacial score (nSPS) is 19.4. The van der Waals surface area contributed by atoms with E-state index in [9.17, 15) is 4.79 Å². The Kier molecular flexibility index (Phi) is 7.85. The predicted octanol–water partition coefficient (Wildman–Crippen LogP) is 1.92. The molecule has 1 saturated heterocycles. The van der Waals surface area contributed by atoms with Crippen molar-refractivity contribution in [1.29, 1.82) is 0 Å². The van der Waals surface area contributed by atoms with Crippen LogP contribution in [0.3, 0.4) is 0 Å². The summed E-state index contributed by atoms with van der Waals surface area (Å²) in [4.78, 5) is 18.0. The average molecular weight is 499 g/mol. The average Bonchev–Trinajstić information content (AvgIpc) is 2.83. The number of carbonyl (C=O) groups is 1. The minimum absolute atomic E-state index is 0.530. The van der Waals surface area contributed by atoms with E-state index in [4.69, 9.17) is 25.9 Å². The number of carbonyl (C=O) groups excluding carboxylic acids is 1. The molecule has 2 aromatic rings. The fourth-order valence-electron chi connectivity index (χ4n) is 4.57. The molecule has 1 fully saturated rings. The summed E-state index contributed by atoms with van der Waals surface area (Å²) < 4.78 is 14.1. The van der Waals surface area contributed by atoms with Crippen molar-refractivity contribution in [3.8, 4) is 16.9 Å². The van der Waals surface area contributed by atoms with Crippen molar-refractivity contribution in [2.45, 2.75) is 64.4 Å². The number of nitrogens with one attached hydrogen (secondary N) is 2. The lowest BCUT2D eigenvalue weighted by Gasteiger charge is -2.38. The highest BCUT2D eigenvalue weighted by atomic mass is 16.7. The zero-order valence-corrected chi connectivity index (χ0v) is 21.8. The lowest BCUT2D eigenvalue weighted by molar-refractivity contribution is -0.690. The Morgan fingerprint density at radius 1 is 1.19 bits per heavy atom. The molecule has 6 N–H and O–H groups in total. The van der Waals surface area contributed by atoms with Crippen LogP contribution in [-0.4, -0.2) is 49.5 Å². The molecule has 0 radical (unpaired) electrons. The maximum absolute atomic E-state index is 12.9. The van der Waals surface area contributed by atoms with E-state index in [1.807, 2.05) is 32.9 Å². The molecular formula is C27H40N5O4+. The van der Waals surface area contributed by atoms with Crippen molar-refractivity contribution in [3.05, 3.63) is 42.1 Å². The molecule has 4 rings (SSSR count). The molecule has 0 saturated carbocycles. The number of nitrogens with two attached hydrogens (primary N) is 2. The van der Waals surface area contributed by atoms with Crippen LogP contribution in [-0.2, 0) is 27.3 Å². The molecule has 1 unspecified atom stereocenters. The Morgan fingerprint density at radius 2 is 1.94 bits per heavy atom. The van der Waals surface area contributed by atoms with Crippen molar-refractivity contribution < 1.29 is 23.7 Å². The van der Waals surface area contributed by atoms with Crippen LogP contribution in [0.5, 0.6) is 5.75 Å². The molecular weight excluding hydrogens is 458 g/mol. The lowest BCUT2D eigenvalue weighted by atomic mass is 9.89. The van der Waals surface area contributed by atoms with E-state index >= 15 is 0 Å². The minimum Gasteiger partial charge on any atom is -0.486 e. The Hall–Kier alpha value is -2.72. The van der Waals surface area contributed by atoms with Gasteiger partial charge in [-0.15, -0.1) is 0 Å². The van der Waals surface area contributed by atoms with Gasteiger partial charge >= 0.3 is 5.97 Å². The molecule has 0 bridgehead atoms. The molecule has 36 heavy (non-hydrogen) atoms. The molecule has 1 aromatic heterocycles. The third-order valence-electron chi connectivity index (χ3n) is 6.80. The maximum Gasteiger partial charge on any atom is 0.344 e. The van der Waals surface area contributed by atoms with Gasteiger partial charge < -0.3 is 20.5 Å². The molecule has 0 amide bonds. The Labute approximate surface area is 213 Å². The van der Waals surface area contributed by atoms with E-state index in [1.54, 1.807) is 6.92 Å². The molecule has 0 spiro atoms. The van der Waals surface area contributed by atoms with Crippen LogP contribution in [0.4, 0.5) is 5.82 Å². The highest BCUT2D eigenvalue weighted by Crippen LogP contribution is 2.36. The molecule has 196 valence electrons. The largest absolute Gasteiger partial charge is 0.486 e. The predicted molar refractivity (Wildman–Crippen MR) is 138 cm³/mol. The number of hydrogen-bond acceptors (Lipinski definition) is 8. The third-order valence-corrected chi connectivity index (χ3v) is 6.80. The van der Waals surface area contributed by atoms with Gasteiger partial charge in [0.2, 0.25) is 5.60 Å². The molecule has 2 aliphatic rings. The number of ether oxygens (including phenoxy) is 2. The summed E-state index contributed by atoms with van der Waals surface area (Å²) >= 11 is 0. The van der Waals surface area contributed by atoms with Crippen LogP contribution in [0.1, 0.15) is 39.7 Å². The number of hydrogen-bond donors (Lipinski definition) is 4. The Balaban J connectivity index is 1.54. The number of esters is 1. The van der Waals surface area contributed by atoms with Crippen molar-refractivity contribution in [2.75, 3.05) is 31.5 Å². The smallest absolute Gasteiger partial charge is 0.344 e. The zero-order chi connectivity index (χ0) is 25.9. The van der Waals surface area contributed by atoms with Crippen LogP contribution in [0.2, 0.25) is 0 Å². The van der Waals surface area contributed by atoms with Crippen LogP contribution in [0, 0.1) is 5.92 Å². The van der Waals surface area contributed by atoms with Gasteiger partial charge in [-0.3, -0.25) is 10.2 Å². The van der Waals surface area contributed by atoms with Crippen LogP contribution < -0.4 is 31.6 Å². The molecule has 1 aromatic carbocycles. The number of benzene rings is 1. The van der Waals surface area contributed by atoms with Crippen molar-refractivity contribution in [2.24, 2.45) is 17.5 Å². The van der Waals surface area contributed by atoms with E-state index in [-0.39, 0.29) is 0 Å². The maximum atomic E-state index is 12.9. The van der Waals surface area contributed by atoms with E-state index in [2.05, 4.69) is 39.6 Å². The molecule has 0 aliphatic carbocycles. The zero-order valence-electron chi connectivity index (χ0n) is 21.8. The minimum atomic E-state index is -1.40. The second-order valence-electron chi connectivity index (χ2n) is 10.9. The summed E-state index contributed by atoms with van der Waals surface area (Å²) in [5.74, 6) is 7.49. The summed E-state index contributed by atoms with van der Waals surface area (Å²) in [5.41, 5.74) is 6.99. The number of rotatable bonds is 9. The number of fused-ring (bicyclic) bond motifs is 1. The summed E-state index contributed by atoms with van der Waals surface area (Å²) in [7, 11) is 0. The summed E-state index contributed by atoms with van der Waals surface area (Å²) in [6.45, 7) is 11.4.